The van der Waals surface area contributed by atoms with Gasteiger partial charge in [-0.2, -0.15) is 0 Å². The van der Waals surface area contributed by atoms with Crippen molar-refractivity contribution in [1.29, 1.82) is 0 Å². The first-order valence-corrected chi connectivity index (χ1v) is 6.89. The van der Waals surface area contributed by atoms with Gasteiger partial charge in [0.2, 0.25) is 5.91 Å². The van der Waals surface area contributed by atoms with Crippen molar-refractivity contribution in [3.05, 3.63) is 49.1 Å². The third kappa shape index (κ3) is 2.77. The summed E-state index contributed by atoms with van der Waals surface area (Å²) < 4.78 is 0. The average Bonchev–Trinajstić information content (AvgIpc) is 2.37. The highest BCUT2D eigenvalue weighted by molar-refractivity contribution is 5.95. The van der Waals surface area contributed by atoms with Gasteiger partial charge in [0.05, 0.1) is 0 Å². The normalized spacial score (nSPS) is 16.0. The molecular formula is C17H22N2O. The van der Waals surface area contributed by atoms with Gasteiger partial charge in [-0.25, -0.2) is 0 Å². The molecule has 3 nitrogen and oxygen atoms in total. The van der Waals surface area contributed by atoms with E-state index in [0.717, 1.165) is 24.5 Å². The van der Waals surface area contributed by atoms with Gasteiger partial charge in [-0.3, -0.25) is 4.79 Å². The highest BCUT2D eigenvalue weighted by Gasteiger charge is 2.32. The average molecular weight is 270 g/mol. The maximum atomic E-state index is 11.7. The third-order valence-electron chi connectivity index (χ3n) is 3.67. The molecule has 1 aromatic rings. The number of benzene rings is 1. The molecule has 106 valence electrons. The van der Waals surface area contributed by atoms with Crippen molar-refractivity contribution in [3.63, 3.8) is 0 Å². The first kappa shape index (κ1) is 14.4. The smallest absolute Gasteiger partial charge is 0.225 e. The van der Waals surface area contributed by atoms with E-state index in [-0.39, 0.29) is 11.3 Å². The minimum atomic E-state index is -0.137. The van der Waals surface area contributed by atoms with Crippen LogP contribution >= 0.6 is 0 Å². The van der Waals surface area contributed by atoms with Crippen molar-refractivity contribution in [3.8, 4) is 0 Å². The largest absolute Gasteiger partial charge is 0.364 e. The van der Waals surface area contributed by atoms with Crippen LogP contribution in [0.15, 0.2) is 43.5 Å². The third-order valence-corrected chi connectivity index (χ3v) is 3.67. The summed E-state index contributed by atoms with van der Waals surface area (Å²) in [7, 11) is 0. The van der Waals surface area contributed by atoms with Crippen LogP contribution in [0.1, 0.15) is 25.8 Å². The number of hydrogen-bond acceptors (Lipinski definition) is 2. The molecule has 1 aromatic carbocycles. The standard InChI is InChI=1S/C17H22N2O/c1-5-9-19(10-6-2)13-7-8-15-14(11-13)17(3,4)12-16(20)18-15/h5-8,11H,1-2,9-10,12H2,3-4H3,(H,18,20). The molecular weight excluding hydrogens is 248 g/mol. The quantitative estimate of drug-likeness (QED) is 0.831. The van der Waals surface area contributed by atoms with Crippen LogP contribution in [0.5, 0.6) is 0 Å². The maximum absolute atomic E-state index is 11.7. The second-order valence-corrected chi connectivity index (χ2v) is 5.82. The topological polar surface area (TPSA) is 32.3 Å². The lowest BCUT2D eigenvalue weighted by atomic mass is 9.78. The molecule has 0 fully saturated rings. The predicted molar refractivity (Wildman–Crippen MR) is 85.3 cm³/mol. The molecule has 0 saturated heterocycles. The van der Waals surface area contributed by atoms with E-state index in [4.69, 9.17) is 0 Å². The lowest BCUT2D eigenvalue weighted by molar-refractivity contribution is -0.117. The molecule has 0 radical (unpaired) electrons. The van der Waals surface area contributed by atoms with E-state index in [1.54, 1.807) is 0 Å². The molecule has 1 amide bonds. The molecule has 1 aliphatic heterocycles. The molecule has 20 heavy (non-hydrogen) atoms. The van der Waals surface area contributed by atoms with Crippen molar-refractivity contribution in [1.82, 2.24) is 0 Å². The number of nitrogens with one attached hydrogen (secondary N) is 1. The van der Waals surface area contributed by atoms with Crippen LogP contribution in [0.4, 0.5) is 11.4 Å². The minimum absolute atomic E-state index is 0.0873. The summed E-state index contributed by atoms with van der Waals surface area (Å²) in [6.45, 7) is 13.4. The summed E-state index contributed by atoms with van der Waals surface area (Å²) in [6, 6.07) is 6.19. The number of carbonyl (C=O) groups is 1. The molecule has 0 saturated carbocycles. The van der Waals surface area contributed by atoms with E-state index in [1.165, 1.54) is 5.56 Å². The molecule has 0 aromatic heterocycles. The second-order valence-electron chi connectivity index (χ2n) is 5.82. The molecule has 0 spiro atoms. The van der Waals surface area contributed by atoms with Gasteiger partial charge in [0.1, 0.15) is 0 Å². The minimum Gasteiger partial charge on any atom is -0.364 e. The van der Waals surface area contributed by atoms with Crippen molar-refractivity contribution >= 4 is 17.3 Å². The van der Waals surface area contributed by atoms with Crippen LogP contribution in [0.25, 0.3) is 0 Å². The lowest BCUT2D eigenvalue weighted by Crippen LogP contribution is -2.33. The number of fused-ring (bicyclic) bond motifs is 1. The molecule has 1 heterocycles. The van der Waals surface area contributed by atoms with E-state index in [0.29, 0.717) is 6.42 Å². The van der Waals surface area contributed by atoms with Crippen molar-refractivity contribution in [2.75, 3.05) is 23.3 Å². The number of carbonyl (C=O) groups excluding carboxylic acids is 1. The van der Waals surface area contributed by atoms with E-state index in [1.807, 2.05) is 24.3 Å². The number of amides is 1. The summed E-state index contributed by atoms with van der Waals surface area (Å²) >= 11 is 0. The second kappa shape index (κ2) is 5.53. The Morgan fingerprint density at radius 1 is 1.30 bits per heavy atom. The summed E-state index contributed by atoms with van der Waals surface area (Å²) in [5.74, 6) is 0.0873. The molecule has 0 unspecified atom stereocenters. The van der Waals surface area contributed by atoms with Crippen LogP contribution in [0.3, 0.4) is 0 Å². The Hall–Kier alpha value is -2.03. The van der Waals surface area contributed by atoms with Crippen LogP contribution < -0.4 is 10.2 Å². The van der Waals surface area contributed by atoms with Crippen LogP contribution in [0, 0.1) is 0 Å². The Morgan fingerprint density at radius 2 is 1.95 bits per heavy atom. The molecule has 0 bridgehead atoms. The molecule has 1 N–H and O–H groups in total. The summed E-state index contributed by atoms with van der Waals surface area (Å²) in [5, 5.41) is 2.95. The summed E-state index contributed by atoms with van der Waals surface area (Å²) in [5.41, 5.74) is 3.11. The Balaban J connectivity index is 2.42. The van der Waals surface area contributed by atoms with E-state index < -0.39 is 0 Å². The fourth-order valence-electron chi connectivity index (χ4n) is 2.69. The van der Waals surface area contributed by atoms with E-state index in [9.17, 15) is 4.79 Å². The maximum Gasteiger partial charge on any atom is 0.225 e. The fraction of sp³-hybridized carbons (Fsp3) is 0.353. The Kier molecular flexibility index (Phi) is 3.98. The van der Waals surface area contributed by atoms with Gasteiger partial charge >= 0.3 is 0 Å². The van der Waals surface area contributed by atoms with Gasteiger partial charge in [-0.1, -0.05) is 26.0 Å². The summed E-state index contributed by atoms with van der Waals surface area (Å²) in [4.78, 5) is 13.9. The van der Waals surface area contributed by atoms with Crippen molar-refractivity contribution < 1.29 is 4.79 Å². The monoisotopic (exact) mass is 270 g/mol. The van der Waals surface area contributed by atoms with Gasteiger partial charge < -0.3 is 10.2 Å². The van der Waals surface area contributed by atoms with Gasteiger partial charge in [-0.05, 0) is 23.8 Å². The van der Waals surface area contributed by atoms with Gasteiger partial charge in [0.15, 0.2) is 0 Å². The highest BCUT2D eigenvalue weighted by Crippen LogP contribution is 2.39. The number of rotatable bonds is 5. The Bertz CT molecular complexity index is 536. The molecule has 0 atom stereocenters. The Morgan fingerprint density at radius 3 is 2.55 bits per heavy atom. The van der Waals surface area contributed by atoms with Crippen LogP contribution in [0.2, 0.25) is 0 Å². The lowest BCUT2D eigenvalue weighted by Gasteiger charge is -2.33. The van der Waals surface area contributed by atoms with E-state index in [2.05, 4.69) is 43.3 Å². The van der Waals surface area contributed by atoms with Gasteiger partial charge in [-0.15, -0.1) is 13.2 Å². The van der Waals surface area contributed by atoms with Crippen molar-refractivity contribution in [2.45, 2.75) is 25.7 Å². The zero-order valence-corrected chi connectivity index (χ0v) is 12.3. The number of hydrogen-bond donors (Lipinski definition) is 1. The molecule has 2 rings (SSSR count). The molecule has 0 aliphatic carbocycles. The van der Waals surface area contributed by atoms with Gasteiger partial charge in [0, 0.05) is 36.3 Å². The highest BCUT2D eigenvalue weighted by atomic mass is 16.1. The number of anilines is 2. The molecule has 1 aliphatic rings. The number of nitrogens with zero attached hydrogens (tertiary/aromatic N) is 1. The fourth-order valence-corrected chi connectivity index (χ4v) is 2.69. The SMILES string of the molecule is C=CCN(CC=C)c1ccc2c(c1)C(C)(C)CC(=O)N2. The van der Waals surface area contributed by atoms with E-state index >= 15 is 0 Å². The first-order valence-electron chi connectivity index (χ1n) is 6.89. The van der Waals surface area contributed by atoms with Crippen molar-refractivity contribution in [2.24, 2.45) is 0 Å². The first-order chi connectivity index (χ1) is 9.47. The molecule has 3 heteroatoms. The predicted octanol–water partition coefficient (Wildman–Crippen LogP) is 3.48. The summed E-state index contributed by atoms with van der Waals surface area (Å²) in [6.07, 6.45) is 4.29. The zero-order valence-electron chi connectivity index (χ0n) is 12.3. The Labute approximate surface area is 121 Å². The van der Waals surface area contributed by atoms with Gasteiger partial charge in [0.25, 0.3) is 0 Å². The van der Waals surface area contributed by atoms with Crippen LogP contribution in [-0.2, 0) is 10.2 Å². The zero-order chi connectivity index (χ0) is 14.8. The van der Waals surface area contributed by atoms with Crippen LogP contribution in [-0.4, -0.2) is 19.0 Å².